The predicted molar refractivity (Wildman–Crippen MR) is 82.6 cm³/mol. The van der Waals surface area contributed by atoms with E-state index in [9.17, 15) is 4.79 Å². The Bertz CT molecular complexity index is 771. The first-order chi connectivity index (χ1) is 10.6. The standard InChI is InChI=1S/C16H21N5O/c1-10-7-12(20(2)19-10)8-21-6-5-14-13(9-21)16(22)18-15(17-14)11-3-4-11/h7,11H,3-6,8-9H2,1-2H3,(H,17,18,22). The van der Waals surface area contributed by atoms with Crippen molar-refractivity contribution in [2.45, 2.75) is 45.2 Å². The van der Waals surface area contributed by atoms with Crippen LogP contribution in [0.3, 0.4) is 0 Å². The summed E-state index contributed by atoms with van der Waals surface area (Å²) in [5.41, 5.74) is 4.11. The Morgan fingerprint density at radius 2 is 2.23 bits per heavy atom. The van der Waals surface area contributed by atoms with Crippen molar-refractivity contribution >= 4 is 0 Å². The van der Waals surface area contributed by atoms with Crippen LogP contribution in [0.15, 0.2) is 10.9 Å². The highest BCUT2D eigenvalue weighted by Gasteiger charge is 2.29. The molecule has 0 radical (unpaired) electrons. The maximum atomic E-state index is 12.3. The molecule has 0 aromatic carbocycles. The lowest BCUT2D eigenvalue weighted by Gasteiger charge is -2.27. The Hall–Kier alpha value is -1.95. The van der Waals surface area contributed by atoms with Crippen molar-refractivity contribution in [3.05, 3.63) is 44.9 Å². The molecular formula is C16H21N5O. The highest BCUT2D eigenvalue weighted by molar-refractivity contribution is 5.23. The van der Waals surface area contributed by atoms with Gasteiger partial charge in [0.1, 0.15) is 5.82 Å². The van der Waals surface area contributed by atoms with Gasteiger partial charge in [-0.05, 0) is 25.8 Å². The third-order valence-electron chi connectivity index (χ3n) is 4.61. The molecule has 4 rings (SSSR count). The molecule has 1 fully saturated rings. The normalized spacial score (nSPS) is 18.5. The second-order valence-corrected chi connectivity index (χ2v) is 6.51. The van der Waals surface area contributed by atoms with Crippen LogP contribution in [0.2, 0.25) is 0 Å². The lowest BCUT2D eigenvalue weighted by molar-refractivity contribution is 0.235. The summed E-state index contributed by atoms with van der Waals surface area (Å²) in [7, 11) is 1.97. The second-order valence-electron chi connectivity index (χ2n) is 6.51. The van der Waals surface area contributed by atoms with Gasteiger partial charge in [-0.25, -0.2) is 4.98 Å². The number of aromatic nitrogens is 4. The minimum Gasteiger partial charge on any atom is -0.310 e. The van der Waals surface area contributed by atoms with E-state index in [1.165, 1.54) is 5.69 Å². The molecule has 1 N–H and O–H groups in total. The zero-order valence-corrected chi connectivity index (χ0v) is 13.1. The van der Waals surface area contributed by atoms with E-state index in [1.54, 1.807) is 0 Å². The summed E-state index contributed by atoms with van der Waals surface area (Å²) in [6.07, 6.45) is 3.18. The van der Waals surface area contributed by atoms with Crippen molar-refractivity contribution in [2.75, 3.05) is 6.54 Å². The molecule has 1 saturated carbocycles. The van der Waals surface area contributed by atoms with Crippen molar-refractivity contribution in [3.8, 4) is 0 Å². The minimum absolute atomic E-state index is 0.0535. The summed E-state index contributed by atoms with van der Waals surface area (Å²) in [6.45, 7) is 4.44. The third kappa shape index (κ3) is 2.47. The van der Waals surface area contributed by atoms with Gasteiger partial charge in [-0.3, -0.25) is 14.4 Å². The van der Waals surface area contributed by atoms with Gasteiger partial charge in [-0.1, -0.05) is 0 Å². The van der Waals surface area contributed by atoms with Gasteiger partial charge in [-0.15, -0.1) is 0 Å². The van der Waals surface area contributed by atoms with Crippen LogP contribution in [0.4, 0.5) is 0 Å². The molecule has 2 aromatic rings. The molecule has 1 aliphatic heterocycles. The topological polar surface area (TPSA) is 66.8 Å². The lowest BCUT2D eigenvalue weighted by Crippen LogP contribution is -2.36. The largest absolute Gasteiger partial charge is 0.310 e. The van der Waals surface area contributed by atoms with Gasteiger partial charge >= 0.3 is 0 Å². The van der Waals surface area contributed by atoms with Crippen LogP contribution in [0.25, 0.3) is 0 Å². The molecule has 116 valence electrons. The number of fused-ring (bicyclic) bond motifs is 1. The summed E-state index contributed by atoms with van der Waals surface area (Å²) in [4.78, 5) is 22.3. The molecule has 3 heterocycles. The summed E-state index contributed by atoms with van der Waals surface area (Å²) < 4.78 is 1.92. The minimum atomic E-state index is 0.0535. The molecule has 1 aliphatic carbocycles. The van der Waals surface area contributed by atoms with E-state index in [4.69, 9.17) is 4.98 Å². The highest BCUT2D eigenvalue weighted by atomic mass is 16.1. The molecular weight excluding hydrogens is 278 g/mol. The predicted octanol–water partition coefficient (Wildman–Crippen LogP) is 1.25. The van der Waals surface area contributed by atoms with Crippen molar-refractivity contribution in [1.29, 1.82) is 0 Å². The van der Waals surface area contributed by atoms with E-state index in [0.717, 1.165) is 55.1 Å². The first-order valence-corrected chi connectivity index (χ1v) is 7.94. The van der Waals surface area contributed by atoms with E-state index in [1.807, 2.05) is 18.7 Å². The zero-order valence-electron chi connectivity index (χ0n) is 13.1. The monoisotopic (exact) mass is 299 g/mol. The zero-order chi connectivity index (χ0) is 15.3. The van der Waals surface area contributed by atoms with Crippen LogP contribution in [0, 0.1) is 6.92 Å². The number of rotatable bonds is 3. The maximum Gasteiger partial charge on any atom is 0.255 e. The number of aromatic amines is 1. The molecule has 6 heteroatoms. The van der Waals surface area contributed by atoms with Crippen molar-refractivity contribution in [1.82, 2.24) is 24.6 Å². The molecule has 0 amide bonds. The molecule has 2 aliphatic rings. The number of nitrogens with one attached hydrogen (secondary N) is 1. The summed E-state index contributed by atoms with van der Waals surface area (Å²) in [6, 6.07) is 2.11. The molecule has 2 aromatic heterocycles. The van der Waals surface area contributed by atoms with Gasteiger partial charge in [-0.2, -0.15) is 5.10 Å². The Kier molecular flexibility index (Phi) is 3.14. The Morgan fingerprint density at radius 3 is 2.91 bits per heavy atom. The molecule has 0 saturated heterocycles. The fourth-order valence-corrected chi connectivity index (χ4v) is 3.23. The fourth-order valence-electron chi connectivity index (χ4n) is 3.23. The Labute approximate surface area is 129 Å². The van der Waals surface area contributed by atoms with Crippen molar-refractivity contribution in [2.24, 2.45) is 7.05 Å². The second kappa shape index (κ2) is 5.05. The average Bonchev–Trinajstić information content (AvgIpc) is 3.27. The molecule has 0 unspecified atom stereocenters. The molecule has 0 bridgehead atoms. The van der Waals surface area contributed by atoms with Gasteiger partial charge in [0.05, 0.1) is 22.6 Å². The molecule has 6 nitrogen and oxygen atoms in total. The number of aryl methyl sites for hydroxylation is 2. The van der Waals surface area contributed by atoms with Crippen molar-refractivity contribution in [3.63, 3.8) is 0 Å². The van der Waals surface area contributed by atoms with E-state index >= 15 is 0 Å². The highest BCUT2D eigenvalue weighted by Crippen LogP contribution is 2.37. The average molecular weight is 299 g/mol. The van der Waals surface area contributed by atoms with E-state index in [-0.39, 0.29) is 5.56 Å². The van der Waals surface area contributed by atoms with Crippen molar-refractivity contribution < 1.29 is 0 Å². The van der Waals surface area contributed by atoms with Crippen LogP contribution in [-0.2, 0) is 26.6 Å². The van der Waals surface area contributed by atoms with Crippen LogP contribution in [0.5, 0.6) is 0 Å². The van der Waals surface area contributed by atoms with Crippen LogP contribution in [-0.4, -0.2) is 31.2 Å². The summed E-state index contributed by atoms with van der Waals surface area (Å²) in [5.74, 6) is 1.40. The number of H-pyrrole nitrogens is 1. The molecule has 0 atom stereocenters. The van der Waals surface area contributed by atoms with Crippen LogP contribution >= 0.6 is 0 Å². The van der Waals surface area contributed by atoms with Gasteiger partial charge in [0.25, 0.3) is 5.56 Å². The maximum absolute atomic E-state index is 12.3. The molecule has 22 heavy (non-hydrogen) atoms. The van der Waals surface area contributed by atoms with E-state index in [2.05, 4.69) is 21.0 Å². The first kappa shape index (κ1) is 13.7. The third-order valence-corrected chi connectivity index (χ3v) is 4.61. The van der Waals surface area contributed by atoms with Gasteiger partial charge in [0.15, 0.2) is 0 Å². The van der Waals surface area contributed by atoms with Gasteiger partial charge in [0, 0.05) is 39.0 Å². The SMILES string of the molecule is Cc1cc(CN2CCc3nc(C4CC4)[nH]c(=O)c3C2)n(C)n1. The van der Waals surface area contributed by atoms with Gasteiger partial charge in [0.2, 0.25) is 0 Å². The number of nitrogens with zero attached hydrogens (tertiary/aromatic N) is 4. The fraction of sp³-hybridized carbons (Fsp3) is 0.562. The first-order valence-electron chi connectivity index (χ1n) is 7.94. The Morgan fingerprint density at radius 1 is 1.41 bits per heavy atom. The van der Waals surface area contributed by atoms with E-state index in [0.29, 0.717) is 12.5 Å². The number of hydrogen-bond donors (Lipinski definition) is 1. The Balaban J connectivity index is 1.56. The summed E-state index contributed by atoms with van der Waals surface area (Å²) in [5, 5.41) is 4.39. The lowest BCUT2D eigenvalue weighted by atomic mass is 10.1. The molecule has 0 spiro atoms. The quantitative estimate of drug-likeness (QED) is 0.926. The van der Waals surface area contributed by atoms with Gasteiger partial charge < -0.3 is 4.98 Å². The summed E-state index contributed by atoms with van der Waals surface area (Å²) >= 11 is 0. The number of hydrogen-bond acceptors (Lipinski definition) is 4. The van der Waals surface area contributed by atoms with E-state index < -0.39 is 0 Å². The van der Waals surface area contributed by atoms with Crippen LogP contribution in [0.1, 0.15) is 47.2 Å². The smallest absolute Gasteiger partial charge is 0.255 e. The van der Waals surface area contributed by atoms with Crippen LogP contribution < -0.4 is 5.56 Å².